The molecule has 0 aromatic heterocycles. The molecule has 1 atom stereocenters. The van der Waals surface area contributed by atoms with E-state index < -0.39 is 0 Å². The van der Waals surface area contributed by atoms with Crippen LogP contribution >= 0.6 is 0 Å². The van der Waals surface area contributed by atoms with E-state index in [1.54, 1.807) is 0 Å². The van der Waals surface area contributed by atoms with Crippen molar-refractivity contribution in [2.75, 3.05) is 0 Å². The van der Waals surface area contributed by atoms with Gasteiger partial charge in [-0.25, -0.2) is 0 Å². The molecule has 0 amide bonds. The summed E-state index contributed by atoms with van der Waals surface area (Å²) in [5.74, 6) is 0.150. The van der Waals surface area contributed by atoms with Crippen LogP contribution in [0.5, 0.6) is 0 Å². The number of ketones is 1. The second-order valence-corrected chi connectivity index (χ2v) is 6.40. The lowest BCUT2D eigenvalue weighted by Gasteiger charge is -2.26. The van der Waals surface area contributed by atoms with Crippen LogP contribution in [0.15, 0.2) is 24.3 Å². The molecule has 18 heavy (non-hydrogen) atoms. The molecule has 1 unspecified atom stereocenters. The van der Waals surface area contributed by atoms with Crippen LogP contribution in [-0.2, 0) is 4.74 Å². The van der Waals surface area contributed by atoms with Gasteiger partial charge in [-0.3, -0.25) is 4.79 Å². The van der Waals surface area contributed by atoms with Gasteiger partial charge in [-0.2, -0.15) is 0 Å². The first kappa shape index (κ1) is 13.3. The molecule has 0 bridgehead atoms. The molecule has 2 rings (SSSR count). The molecule has 2 heteroatoms. The van der Waals surface area contributed by atoms with Gasteiger partial charge in [-0.05, 0) is 46.6 Å². The summed E-state index contributed by atoms with van der Waals surface area (Å²) in [5.41, 5.74) is 1.27. The van der Waals surface area contributed by atoms with E-state index in [9.17, 15) is 4.79 Å². The van der Waals surface area contributed by atoms with Gasteiger partial charge in [0.2, 0.25) is 0 Å². The Morgan fingerprint density at radius 2 is 1.83 bits per heavy atom. The standard InChI is InChI=1S/C16H22O2/c1-11-8-6-7-9-12(11)14(17)13-10-15(2,3)18-16(13,4)5/h6-9,13H,10H2,1-5H3. The van der Waals surface area contributed by atoms with Gasteiger partial charge >= 0.3 is 0 Å². The fraction of sp³-hybridized carbons (Fsp3) is 0.562. The number of hydrogen-bond acceptors (Lipinski definition) is 2. The van der Waals surface area contributed by atoms with E-state index in [0.717, 1.165) is 17.5 Å². The fourth-order valence-corrected chi connectivity index (χ4v) is 3.01. The van der Waals surface area contributed by atoms with Gasteiger partial charge in [0.05, 0.1) is 17.1 Å². The molecule has 0 N–H and O–H groups in total. The van der Waals surface area contributed by atoms with Crippen LogP contribution in [0.2, 0.25) is 0 Å². The minimum atomic E-state index is -0.386. The van der Waals surface area contributed by atoms with Gasteiger partial charge in [-0.15, -0.1) is 0 Å². The molecule has 0 saturated carbocycles. The monoisotopic (exact) mass is 246 g/mol. The lowest BCUT2D eigenvalue weighted by atomic mass is 9.81. The van der Waals surface area contributed by atoms with Crippen LogP contribution in [0.3, 0.4) is 0 Å². The number of benzene rings is 1. The van der Waals surface area contributed by atoms with Crippen molar-refractivity contribution in [3.05, 3.63) is 35.4 Å². The van der Waals surface area contributed by atoms with Crippen molar-refractivity contribution in [1.82, 2.24) is 0 Å². The summed E-state index contributed by atoms with van der Waals surface area (Å²) in [5, 5.41) is 0. The molecule has 1 heterocycles. The number of hydrogen-bond donors (Lipinski definition) is 0. The van der Waals surface area contributed by atoms with Crippen molar-refractivity contribution >= 4 is 5.78 Å². The summed E-state index contributed by atoms with van der Waals surface area (Å²) in [7, 11) is 0. The zero-order valence-corrected chi connectivity index (χ0v) is 11.9. The van der Waals surface area contributed by atoms with Gasteiger partial charge in [0, 0.05) is 5.56 Å². The number of aryl methyl sites for hydroxylation is 1. The lowest BCUT2D eigenvalue weighted by Crippen LogP contribution is -2.34. The second-order valence-electron chi connectivity index (χ2n) is 6.40. The fourth-order valence-electron chi connectivity index (χ4n) is 3.01. The van der Waals surface area contributed by atoms with Gasteiger partial charge in [-0.1, -0.05) is 24.3 Å². The zero-order chi connectivity index (χ0) is 13.6. The average molecular weight is 246 g/mol. The highest BCUT2D eigenvalue weighted by Gasteiger charge is 2.49. The minimum absolute atomic E-state index is 0.0615. The number of carbonyl (C=O) groups excluding carboxylic acids is 1. The summed E-state index contributed by atoms with van der Waals surface area (Å²) in [6, 6.07) is 7.79. The van der Waals surface area contributed by atoms with Crippen LogP contribution in [0.4, 0.5) is 0 Å². The second kappa shape index (κ2) is 4.20. The Bertz CT molecular complexity index is 472. The maximum absolute atomic E-state index is 12.7. The van der Waals surface area contributed by atoms with E-state index in [1.807, 2.05) is 45.0 Å². The van der Waals surface area contributed by atoms with E-state index in [0.29, 0.717) is 0 Å². The number of rotatable bonds is 2. The van der Waals surface area contributed by atoms with Crippen molar-refractivity contribution in [2.45, 2.75) is 52.2 Å². The smallest absolute Gasteiger partial charge is 0.169 e. The lowest BCUT2D eigenvalue weighted by molar-refractivity contribution is -0.0712. The first-order chi connectivity index (χ1) is 8.23. The third kappa shape index (κ3) is 2.35. The molecule has 2 nitrogen and oxygen atoms in total. The molecule has 1 saturated heterocycles. The van der Waals surface area contributed by atoms with E-state index in [4.69, 9.17) is 4.74 Å². The zero-order valence-electron chi connectivity index (χ0n) is 11.9. The average Bonchev–Trinajstić information content (AvgIpc) is 2.46. The molecule has 0 aliphatic carbocycles. The Balaban J connectivity index is 2.33. The van der Waals surface area contributed by atoms with Crippen molar-refractivity contribution in [3.63, 3.8) is 0 Å². The Hall–Kier alpha value is -1.15. The Labute approximate surface area is 109 Å². The summed E-state index contributed by atoms with van der Waals surface area (Å²) in [4.78, 5) is 12.7. The van der Waals surface area contributed by atoms with E-state index in [1.165, 1.54) is 0 Å². The van der Waals surface area contributed by atoms with E-state index >= 15 is 0 Å². The van der Waals surface area contributed by atoms with Crippen LogP contribution in [0.1, 0.15) is 50.0 Å². The van der Waals surface area contributed by atoms with Gasteiger partial charge in [0.15, 0.2) is 5.78 Å². The van der Waals surface area contributed by atoms with Crippen LogP contribution < -0.4 is 0 Å². The quantitative estimate of drug-likeness (QED) is 0.742. The third-order valence-electron chi connectivity index (χ3n) is 3.80. The number of ether oxygens (including phenoxy) is 1. The highest BCUT2D eigenvalue weighted by molar-refractivity contribution is 6.00. The predicted octanol–water partition coefficient (Wildman–Crippen LogP) is 3.77. The van der Waals surface area contributed by atoms with E-state index in [-0.39, 0.29) is 22.9 Å². The van der Waals surface area contributed by atoms with Crippen molar-refractivity contribution < 1.29 is 9.53 Å². The van der Waals surface area contributed by atoms with Gasteiger partial charge < -0.3 is 4.74 Å². The third-order valence-corrected chi connectivity index (χ3v) is 3.80. The van der Waals surface area contributed by atoms with Crippen LogP contribution in [0.25, 0.3) is 0 Å². The highest BCUT2D eigenvalue weighted by atomic mass is 16.5. The minimum Gasteiger partial charge on any atom is -0.369 e. The molecule has 98 valence electrons. The summed E-state index contributed by atoms with van der Waals surface area (Å²) < 4.78 is 6.01. The maximum atomic E-state index is 12.7. The molecule has 1 aromatic carbocycles. The van der Waals surface area contributed by atoms with Crippen LogP contribution in [-0.4, -0.2) is 17.0 Å². The Morgan fingerprint density at radius 3 is 2.33 bits per heavy atom. The van der Waals surface area contributed by atoms with Crippen molar-refractivity contribution in [3.8, 4) is 0 Å². The molecule has 1 aromatic rings. The van der Waals surface area contributed by atoms with E-state index in [2.05, 4.69) is 13.8 Å². The SMILES string of the molecule is Cc1ccccc1C(=O)C1CC(C)(C)OC1(C)C. The number of carbonyl (C=O) groups is 1. The molecule has 0 radical (unpaired) electrons. The molecule has 1 aliphatic rings. The maximum Gasteiger partial charge on any atom is 0.169 e. The summed E-state index contributed by atoms with van der Waals surface area (Å²) in [6.45, 7) is 10.1. The van der Waals surface area contributed by atoms with Crippen molar-refractivity contribution in [1.29, 1.82) is 0 Å². The highest BCUT2D eigenvalue weighted by Crippen LogP contribution is 2.43. The Morgan fingerprint density at radius 1 is 1.22 bits per heavy atom. The molecule has 1 aliphatic heterocycles. The first-order valence-electron chi connectivity index (χ1n) is 6.53. The first-order valence-corrected chi connectivity index (χ1v) is 6.53. The Kier molecular flexibility index (Phi) is 3.10. The largest absolute Gasteiger partial charge is 0.369 e. The predicted molar refractivity (Wildman–Crippen MR) is 72.9 cm³/mol. The summed E-state index contributed by atoms with van der Waals surface area (Å²) in [6.07, 6.45) is 0.785. The van der Waals surface area contributed by atoms with Crippen molar-refractivity contribution in [2.24, 2.45) is 5.92 Å². The van der Waals surface area contributed by atoms with Gasteiger partial charge in [0.25, 0.3) is 0 Å². The van der Waals surface area contributed by atoms with Crippen LogP contribution in [0, 0.1) is 12.8 Å². The number of Topliss-reactive ketones (excluding diaryl/α,β-unsaturated/α-hetero) is 1. The molecular formula is C16H22O2. The molecule has 0 spiro atoms. The van der Waals surface area contributed by atoms with Gasteiger partial charge in [0.1, 0.15) is 0 Å². The normalized spacial score (nSPS) is 25.1. The topological polar surface area (TPSA) is 26.3 Å². The molecule has 1 fully saturated rings. The molecular weight excluding hydrogens is 224 g/mol. The summed E-state index contributed by atoms with van der Waals surface area (Å²) >= 11 is 0.